The van der Waals surface area contributed by atoms with E-state index < -0.39 is 5.91 Å². The lowest BCUT2D eigenvalue weighted by Gasteiger charge is -2.13. The van der Waals surface area contributed by atoms with E-state index in [1.54, 1.807) is 18.2 Å². The van der Waals surface area contributed by atoms with E-state index in [2.05, 4.69) is 10.5 Å². The van der Waals surface area contributed by atoms with Crippen LogP contribution in [0, 0.1) is 0 Å². The number of benzene rings is 2. The quantitative estimate of drug-likeness (QED) is 0.620. The Bertz CT molecular complexity index is 734. The third-order valence-corrected chi connectivity index (χ3v) is 3.23. The van der Waals surface area contributed by atoms with Gasteiger partial charge in [-0.15, -0.1) is 0 Å². The molecule has 0 fully saturated rings. The van der Waals surface area contributed by atoms with Crippen molar-refractivity contribution >= 4 is 12.1 Å². The number of nitrogens with one attached hydrogen (secondary N) is 1. The van der Waals surface area contributed by atoms with Crippen molar-refractivity contribution in [2.45, 2.75) is 7.43 Å². The minimum atomic E-state index is -0.457. The molecular formula is C18H22N2O5. The summed E-state index contributed by atoms with van der Waals surface area (Å²) in [4.78, 5) is 12.2. The molecule has 0 saturated carbocycles. The number of hydrazone groups is 1. The second-order valence-corrected chi connectivity index (χ2v) is 4.67. The first-order valence-electron chi connectivity index (χ1n) is 7.02. The average molecular weight is 346 g/mol. The molecule has 1 amide bonds. The number of rotatable bonds is 6. The predicted molar refractivity (Wildman–Crippen MR) is 96.0 cm³/mol. The zero-order valence-corrected chi connectivity index (χ0v) is 13.6. The Labute approximate surface area is 146 Å². The van der Waals surface area contributed by atoms with E-state index in [0.29, 0.717) is 28.4 Å². The molecule has 0 unspecified atom stereocenters. The number of hydrogen-bond acceptors (Lipinski definition) is 6. The van der Waals surface area contributed by atoms with E-state index in [9.17, 15) is 9.90 Å². The maximum atomic E-state index is 12.2. The lowest BCUT2D eigenvalue weighted by atomic mass is 10.1. The highest BCUT2D eigenvalue weighted by Crippen LogP contribution is 2.38. The smallest absolute Gasteiger partial charge is 0.271 e. The molecule has 0 aliphatic rings. The number of methoxy groups -OCH3 is 3. The molecule has 2 aromatic carbocycles. The van der Waals surface area contributed by atoms with E-state index in [-0.39, 0.29) is 13.2 Å². The van der Waals surface area contributed by atoms with Gasteiger partial charge in [0.15, 0.2) is 11.5 Å². The largest absolute Gasteiger partial charge is 0.507 e. The van der Waals surface area contributed by atoms with Gasteiger partial charge in [-0.25, -0.2) is 5.43 Å². The summed E-state index contributed by atoms with van der Waals surface area (Å²) in [6.45, 7) is 0. The summed E-state index contributed by atoms with van der Waals surface area (Å²) in [5.74, 6) is 0.747. The summed E-state index contributed by atoms with van der Waals surface area (Å²) in [7, 11) is 4.42. The highest BCUT2D eigenvalue weighted by Gasteiger charge is 2.16. The van der Waals surface area contributed by atoms with Gasteiger partial charge in [-0.3, -0.25) is 4.79 Å². The van der Waals surface area contributed by atoms with E-state index in [4.69, 9.17) is 14.2 Å². The number of amides is 1. The minimum absolute atomic E-state index is 0. The van der Waals surface area contributed by atoms with E-state index in [1.807, 2.05) is 0 Å². The van der Waals surface area contributed by atoms with Crippen molar-refractivity contribution in [1.82, 2.24) is 5.43 Å². The molecule has 0 aromatic heterocycles. The number of para-hydroxylation sites is 1. The molecule has 2 N–H and O–H groups in total. The van der Waals surface area contributed by atoms with Gasteiger partial charge in [0.2, 0.25) is 5.75 Å². The third kappa shape index (κ3) is 4.63. The van der Waals surface area contributed by atoms with Crippen molar-refractivity contribution in [2.75, 3.05) is 21.3 Å². The lowest BCUT2D eigenvalue weighted by molar-refractivity contribution is 0.0954. The molecule has 0 saturated heterocycles. The Hall–Kier alpha value is -3.22. The zero-order chi connectivity index (χ0) is 17.5. The van der Waals surface area contributed by atoms with Crippen LogP contribution in [0.15, 0.2) is 41.5 Å². The second-order valence-electron chi connectivity index (χ2n) is 4.67. The van der Waals surface area contributed by atoms with Crippen molar-refractivity contribution in [1.29, 1.82) is 0 Å². The molecule has 0 spiro atoms. The van der Waals surface area contributed by atoms with E-state index >= 15 is 0 Å². The van der Waals surface area contributed by atoms with Crippen LogP contribution in [0.5, 0.6) is 23.0 Å². The van der Waals surface area contributed by atoms with Gasteiger partial charge in [0.1, 0.15) is 5.75 Å². The number of aromatic hydroxyl groups is 1. The van der Waals surface area contributed by atoms with Gasteiger partial charge in [-0.05, 0) is 24.3 Å². The predicted octanol–water partition coefficient (Wildman–Crippen LogP) is 2.82. The first kappa shape index (κ1) is 19.8. The fourth-order valence-corrected chi connectivity index (χ4v) is 2.03. The Morgan fingerprint density at radius 2 is 1.68 bits per heavy atom. The molecule has 0 radical (unpaired) electrons. The summed E-state index contributed by atoms with van der Waals surface area (Å²) >= 11 is 0. The molecule has 2 aromatic rings. The van der Waals surface area contributed by atoms with E-state index in [1.165, 1.54) is 45.7 Å². The second kappa shape index (κ2) is 9.17. The Balaban J connectivity index is 0.00000312. The van der Waals surface area contributed by atoms with Gasteiger partial charge in [0, 0.05) is 11.1 Å². The fraction of sp³-hybridized carbons (Fsp3) is 0.222. The number of nitrogens with zero attached hydrogens (tertiary/aromatic N) is 1. The van der Waals surface area contributed by atoms with Crippen LogP contribution in [0.25, 0.3) is 0 Å². The maximum absolute atomic E-state index is 12.2. The number of carbonyl (C=O) groups is 1. The topological polar surface area (TPSA) is 89.4 Å². The fourth-order valence-electron chi connectivity index (χ4n) is 2.03. The summed E-state index contributed by atoms with van der Waals surface area (Å²) in [6, 6.07) is 9.69. The Kier molecular flexibility index (Phi) is 7.27. The number of phenolic OH excluding ortho intramolecular Hbond substituents is 1. The average Bonchev–Trinajstić information content (AvgIpc) is 2.61. The van der Waals surface area contributed by atoms with Crippen LogP contribution in [0.3, 0.4) is 0 Å². The summed E-state index contributed by atoms with van der Waals surface area (Å²) < 4.78 is 15.6. The van der Waals surface area contributed by atoms with Crippen molar-refractivity contribution in [3.8, 4) is 23.0 Å². The highest BCUT2D eigenvalue weighted by molar-refractivity contribution is 5.96. The first-order valence-corrected chi connectivity index (χ1v) is 7.02. The first-order chi connectivity index (χ1) is 11.6. The van der Waals surface area contributed by atoms with Gasteiger partial charge in [0.25, 0.3) is 5.91 Å². The normalized spacial score (nSPS) is 10.0. The number of carbonyl (C=O) groups excluding carboxylic acids is 1. The Morgan fingerprint density at radius 1 is 1.08 bits per heavy atom. The molecule has 7 heteroatoms. The SMILES string of the molecule is C.COc1cc(C(=O)N/N=C/c2ccccc2O)cc(OC)c1OC. The van der Waals surface area contributed by atoms with Gasteiger partial charge >= 0.3 is 0 Å². The van der Waals surface area contributed by atoms with Gasteiger partial charge in [-0.2, -0.15) is 5.10 Å². The van der Waals surface area contributed by atoms with Crippen LogP contribution in [-0.2, 0) is 0 Å². The van der Waals surface area contributed by atoms with Crippen LogP contribution in [0.2, 0.25) is 0 Å². The van der Waals surface area contributed by atoms with Crippen LogP contribution in [0.4, 0.5) is 0 Å². The molecule has 0 aliphatic carbocycles. The lowest BCUT2D eigenvalue weighted by Crippen LogP contribution is -2.18. The van der Waals surface area contributed by atoms with Crippen LogP contribution in [0.1, 0.15) is 23.3 Å². The molecular weight excluding hydrogens is 324 g/mol. The molecule has 7 nitrogen and oxygen atoms in total. The van der Waals surface area contributed by atoms with E-state index in [0.717, 1.165) is 0 Å². The number of ether oxygens (including phenoxy) is 3. The summed E-state index contributed by atoms with van der Waals surface area (Å²) in [6.07, 6.45) is 1.35. The van der Waals surface area contributed by atoms with Gasteiger partial charge in [0.05, 0.1) is 27.5 Å². The molecule has 2 rings (SSSR count). The van der Waals surface area contributed by atoms with Gasteiger partial charge < -0.3 is 19.3 Å². The molecule has 0 bridgehead atoms. The van der Waals surface area contributed by atoms with Crippen LogP contribution in [-0.4, -0.2) is 38.6 Å². The zero-order valence-electron chi connectivity index (χ0n) is 13.6. The number of hydrogen-bond donors (Lipinski definition) is 2. The summed E-state index contributed by atoms with van der Waals surface area (Å²) in [5.41, 5.74) is 3.16. The summed E-state index contributed by atoms with van der Waals surface area (Å²) in [5, 5.41) is 13.5. The van der Waals surface area contributed by atoms with Crippen molar-refractivity contribution in [3.05, 3.63) is 47.5 Å². The van der Waals surface area contributed by atoms with Crippen molar-refractivity contribution < 1.29 is 24.1 Å². The van der Waals surface area contributed by atoms with Crippen molar-refractivity contribution in [2.24, 2.45) is 5.10 Å². The molecule has 134 valence electrons. The molecule has 0 aliphatic heterocycles. The molecule has 0 heterocycles. The third-order valence-electron chi connectivity index (χ3n) is 3.23. The van der Waals surface area contributed by atoms with Crippen molar-refractivity contribution in [3.63, 3.8) is 0 Å². The van der Waals surface area contributed by atoms with Crippen LogP contribution < -0.4 is 19.6 Å². The number of phenols is 1. The minimum Gasteiger partial charge on any atom is -0.507 e. The molecule has 25 heavy (non-hydrogen) atoms. The maximum Gasteiger partial charge on any atom is 0.271 e. The standard InChI is InChI=1S/C17H18N2O5.CH4/c1-22-14-8-12(9-15(23-2)16(14)24-3)17(21)19-18-10-11-6-4-5-7-13(11)20;/h4-10,20H,1-3H3,(H,19,21);1H4/b18-10+;. The van der Waals surface area contributed by atoms with Crippen LogP contribution >= 0.6 is 0 Å². The molecule has 0 atom stereocenters. The monoisotopic (exact) mass is 346 g/mol. The highest BCUT2D eigenvalue weighted by atomic mass is 16.5. The Morgan fingerprint density at radius 3 is 2.20 bits per heavy atom. The van der Waals surface area contributed by atoms with Gasteiger partial charge in [-0.1, -0.05) is 19.6 Å².